The predicted octanol–water partition coefficient (Wildman–Crippen LogP) is -1.59. The average Bonchev–Trinajstić information content (AvgIpc) is 2.36. The van der Waals surface area contributed by atoms with Gasteiger partial charge in [-0.05, 0) is 25.8 Å². The minimum absolute atomic E-state index is 0. The van der Waals surface area contributed by atoms with Gasteiger partial charge < -0.3 is 32.5 Å². The van der Waals surface area contributed by atoms with Gasteiger partial charge in [0.1, 0.15) is 12.1 Å². The molecule has 0 saturated carbocycles. The van der Waals surface area contributed by atoms with E-state index in [9.17, 15) is 14.4 Å². The van der Waals surface area contributed by atoms with E-state index in [1.165, 1.54) is 0 Å². The maximum absolute atomic E-state index is 10.1. The third-order valence-corrected chi connectivity index (χ3v) is 2.27. The molecule has 0 bridgehead atoms. The van der Waals surface area contributed by atoms with E-state index in [-0.39, 0.29) is 42.4 Å². The van der Waals surface area contributed by atoms with Gasteiger partial charge in [-0.3, -0.25) is 14.4 Å². The summed E-state index contributed by atoms with van der Waals surface area (Å²) in [5.74, 6) is -3.13. The average molecular weight is 316 g/mol. The van der Waals surface area contributed by atoms with E-state index in [2.05, 4.69) is 0 Å². The zero-order valence-corrected chi connectivity index (χ0v) is 14.2. The third-order valence-electron chi connectivity index (χ3n) is 2.27. The molecular formula is C11H23N3NaO6. The number of carbonyl (C=O) groups is 3. The van der Waals surface area contributed by atoms with Gasteiger partial charge in [-0.2, -0.15) is 0 Å². The van der Waals surface area contributed by atoms with Gasteiger partial charge in [0.15, 0.2) is 0 Å². The maximum atomic E-state index is 10.1. The van der Waals surface area contributed by atoms with Crippen molar-refractivity contribution in [3.05, 3.63) is 0 Å². The maximum Gasteiger partial charge on any atom is 0.320 e. The molecule has 0 aromatic heterocycles. The first-order valence-corrected chi connectivity index (χ1v) is 6.11. The molecule has 0 aliphatic heterocycles. The molecule has 0 spiro atoms. The molecule has 0 heterocycles. The van der Waals surface area contributed by atoms with Crippen LogP contribution >= 0.6 is 0 Å². The van der Waals surface area contributed by atoms with Gasteiger partial charge in [-0.15, -0.1) is 0 Å². The number of hydrogen-bond donors (Lipinski definition) is 6. The van der Waals surface area contributed by atoms with E-state index in [0.29, 0.717) is 13.0 Å². The number of unbranched alkanes of at least 4 members (excludes halogenated alkanes) is 1. The Labute approximate surface area is 145 Å². The number of nitrogens with two attached hydrogens (primary N) is 3. The molecule has 0 rings (SSSR count). The van der Waals surface area contributed by atoms with Crippen LogP contribution in [0.5, 0.6) is 0 Å². The minimum atomic E-state index is -1.17. The summed E-state index contributed by atoms with van der Waals surface area (Å²) in [5.41, 5.74) is 15.4. The van der Waals surface area contributed by atoms with E-state index in [1.54, 1.807) is 0 Å². The smallest absolute Gasteiger partial charge is 0.320 e. The van der Waals surface area contributed by atoms with Crippen LogP contribution in [-0.4, -0.2) is 81.4 Å². The molecule has 0 aliphatic carbocycles. The fraction of sp³-hybridized carbons (Fsp3) is 0.727. The third kappa shape index (κ3) is 19.3. The topological polar surface area (TPSA) is 190 Å². The molecule has 0 saturated heterocycles. The first kappa shape index (κ1) is 25.3. The molecule has 0 fully saturated rings. The van der Waals surface area contributed by atoms with Crippen molar-refractivity contribution in [2.45, 2.75) is 44.2 Å². The molecule has 0 aliphatic rings. The molecule has 0 amide bonds. The van der Waals surface area contributed by atoms with E-state index in [4.69, 9.17) is 32.5 Å². The number of hydrogen-bond acceptors (Lipinski definition) is 6. The molecule has 9 nitrogen and oxygen atoms in total. The Bertz CT molecular complexity index is 316. The van der Waals surface area contributed by atoms with Crippen LogP contribution in [0.15, 0.2) is 0 Å². The summed E-state index contributed by atoms with van der Waals surface area (Å²) in [7, 11) is 0. The van der Waals surface area contributed by atoms with Crippen molar-refractivity contribution < 1.29 is 29.7 Å². The SMILES string of the molecule is NCCCC[C@H](N)C(=O)O.N[C@@H](CCC(=O)O)C(=O)O.[Na]. The molecule has 0 aromatic rings. The van der Waals surface area contributed by atoms with Crippen LogP contribution in [0.1, 0.15) is 32.1 Å². The van der Waals surface area contributed by atoms with Crippen LogP contribution in [0.25, 0.3) is 0 Å². The molecule has 119 valence electrons. The van der Waals surface area contributed by atoms with Gasteiger partial charge in [0.2, 0.25) is 0 Å². The fourth-order valence-corrected chi connectivity index (χ4v) is 1.03. The zero-order valence-electron chi connectivity index (χ0n) is 12.2. The number of carboxylic acid groups (broad SMARTS) is 3. The first-order valence-electron chi connectivity index (χ1n) is 6.11. The summed E-state index contributed by atoms with van der Waals surface area (Å²) in [4.78, 5) is 30.0. The van der Waals surface area contributed by atoms with E-state index < -0.39 is 30.0 Å². The van der Waals surface area contributed by atoms with Crippen molar-refractivity contribution in [2.75, 3.05) is 6.54 Å². The monoisotopic (exact) mass is 316 g/mol. The molecule has 9 N–H and O–H groups in total. The molecule has 2 atom stereocenters. The summed E-state index contributed by atoms with van der Waals surface area (Å²) < 4.78 is 0. The van der Waals surface area contributed by atoms with E-state index in [0.717, 1.165) is 12.8 Å². The van der Waals surface area contributed by atoms with Crippen LogP contribution in [-0.2, 0) is 14.4 Å². The number of aliphatic carboxylic acids is 3. The van der Waals surface area contributed by atoms with Crippen molar-refractivity contribution in [3.63, 3.8) is 0 Å². The molecule has 1 radical (unpaired) electrons. The second-order valence-corrected chi connectivity index (χ2v) is 4.11. The van der Waals surface area contributed by atoms with Crippen molar-refractivity contribution >= 4 is 47.5 Å². The second-order valence-electron chi connectivity index (χ2n) is 4.11. The van der Waals surface area contributed by atoms with Gasteiger partial charge in [0.25, 0.3) is 0 Å². The standard InChI is InChI=1S/C6H14N2O2.C5H9NO4.Na/c7-4-2-1-3-5(8)6(9)10;6-3(5(9)10)1-2-4(7)8;/h5H,1-4,7-8H2,(H,9,10);3H,1-2,6H2,(H,7,8)(H,9,10);/t5-;3-;/m00./s1. The largest absolute Gasteiger partial charge is 0.481 e. The quantitative estimate of drug-likeness (QED) is 0.215. The van der Waals surface area contributed by atoms with Crippen LogP contribution < -0.4 is 17.2 Å². The molecule has 0 aromatic carbocycles. The van der Waals surface area contributed by atoms with Crippen LogP contribution in [0, 0.1) is 0 Å². The first-order chi connectivity index (χ1) is 9.22. The summed E-state index contributed by atoms with van der Waals surface area (Å²) in [6.07, 6.45) is 1.94. The fourth-order valence-electron chi connectivity index (χ4n) is 1.03. The van der Waals surface area contributed by atoms with Crippen LogP contribution in [0.3, 0.4) is 0 Å². The summed E-state index contributed by atoms with van der Waals surface area (Å²) in [6, 6.07) is -1.78. The normalized spacial score (nSPS) is 12.1. The Morgan fingerprint density at radius 3 is 1.62 bits per heavy atom. The Kier molecular flexibility index (Phi) is 18.9. The van der Waals surface area contributed by atoms with Gasteiger partial charge in [0, 0.05) is 36.0 Å². The van der Waals surface area contributed by atoms with Gasteiger partial charge >= 0.3 is 17.9 Å². The zero-order chi connectivity index (χ0) is 16.1. The Balaban J connectivity index is -0.000000295. The van der Waals surface area contributed by atoms with Crippen LogP contribution in [0.4, 0.5) is 0 Å². The van der Waals surface area contributed by atoms with Crippen molar-refractivity contribution in [1.82, 2.24) is 0 Å². The summed E-state index contributed by atoms with van der Waals surface area (Å²) >= 11 is 0. The van der Waals surface area contributed by atoms with E-state index >= 15 is 0 Å². The summed E-state index contributed by atoms with van der Waals surface area (Å²) in [5, 5.41) is 24.6. The molecule has 0 unspecified atom stereocenters. The number of rotatable bonds is 9. The van der Waals surface area contributed by atoms with Gasteiger partial charge in [0.05, 0.1) is 0 Å². The van der Waals surface area contributed by atoms with Crippen LogP contribution in [0.2, 0.25) is 0 Å². The minimum Gasteiger partial charge on any atom is -0.481 e. The van der Waals surface area contributed by atoms with Crippen molar-refractivity contribution in [2.24, 2.45) is 17.2 Å². The summed E-state index contributed by atoms with van der Waals surface area (Å²) in [6.45, 7) is 0.604. The predicted molar refractivity (Wildman–Crippen MR) is 76.8 cm³/mol. The number of carboxylic acids is 3. The Morgan fingerprint density at radius 1 is 0.857 bits per heavy atom. The Morgan fingerprint density at radius 2 is 1.29 bits per heavy atom. The van der Waals surface area contributed by atoms with Gasteiger partial charge in [-0.1, -0.05) is 6.42 Å². The molecule has 10 heteroatoms. The van der Waals surface area contributed by atoms with Crippen molar-refractivity contribution in [3.8, 4) is 0 Å². The molecular weight excluding hydrogens is 293 g/mol. The van der Waals surface area contributed by atoms with Crippen molar-refractivity contribution in [1.29, 1.82) is 0 Å². The molecule has 21 heavy (non-hydrogen) atoms. The van der Waals surface area contributed by atoms with E-state index in [1.807, 2.05) is 0 Å². The second kappa shape index (κ2) is 15.7. The van der Waals surface area contributed by atoms with Gasteiger partial charge in [-0.25, -0.2) is 0 Å². The Hall–Kier alpha value is -0.710.